The third kappa shape index (κ3) is 2.46. The zero-order valence-corrected chi connectivity index (χ0v) is 14.9. The fourth-order valence-electron chi connectivity index (χ4n) is 4.09. The van der Waals surface area contributed by atoms with Gasteiger partial charge < -0.3 is 9.30 Å². The number of aryl methyl sites for hydroxylation is 1. The smallest absolute Gasteiger partial charge is 0.101 e. The summed E-state index contributed by atoms with van der Waals surface area (Å²) < 4.78 is 8.98. The van der Waals surface area contributed by atoms with Crippen molar-refractivity contribution in [2.24, 2.45) is 0 Å². The highest BCUT2D eigenvalue weighted by atomic mass is 16.5. The number of hydrogen-bond donors (Lipinski definition) is 0. The Morgan fingerprint density at radius 2 is 1.62 bits per heavy atom. The summed E-state index contributed by atoms with van der Waals surface area (Å²) in [4.78, 5) is 0. The van der Waals surface area contributed by atoms with E-state index in [1.54, 1.807) is 0 Å². The minimum Gasteiger partial charge on any atom is -0.366 e. The van der Waals surface area contributed by atoms with Crippen LogP contribution in [0.1, 0.15) is 56.2 Å². The minimum atomic E-state index is -0.149. The van der Waals surface area contributed by atoms with Gasteiger partial charge in [-0.1, -0.05) is 48.5 Å². The van der Waals surface area contributed by atoms with Crippen LogP contribution in [0.5, 0.6) is 0 Å². The number of para-hydroxylation sites is 1. The molecule has 2 heterocycles. The fraction of sp³-hybridized carbons (Fsp3) is 0.364. The average molecular weight is 319 g/mol. The maximum Gasteiger partial charge on any atom is 0.101 e. The van der Waals surface area contributed by atoms with Crippen molar-refractivity contribution in [2.75, 3.05) is 0 Å². The summed E-state index contributed by atoms with van der Waals surface area (Å²) >= 11 is 0. The lowest BCUT2D eigenvalue weighted by molar-refractivity contribution is -0.0618. The Labute approximate surface area is 144 Å². The molecular weight excluding hydrogens is 294 g/mol. The maximum atomic E-state index is 6.47. The molecule has 0 fully saturated rings. The monoisotopic (exact) mass is 319 g/mol. The SMILES string of the molecule is Cc1c2n(c3ccccc13)C(c1ccccc1)CC2OC(C)(C)C. The zero-order chi connectivity index (χ0) is 16.9. The highest BCUT2D eigenvalue weighted by Gasteiger charge is 2.37. The van der Waals surface area contributed by atoms with Crippen LogP contribution in [0.3, 0.4) is 0 Å². The Morgan fingerprint density at radius 1 is 0.958 bits per heavy atom. The Kier molecular flexibility index (Phi) is 3.54. The van der Waals surface area contributed by atoms with Gasteiger partial charge in [-0.3, -0.25) is 0 Å². The molecule has 0 radical (unpaired) electrons. The molecule has 1 aromatic heterocycles. The van der Waals surface area contributed by atoms with Gasteiger partial charge in [-0.05, 0) is 44.9 Å². The summed E-state index contributed by atoms with van der Waals surface area (Å²) in [7, 11) is 0. The second-order valence-corrected chi connectivity index (χ2v) is 7.78. The van der Waals surface area contributed by atoms with E-state index in [1.807, 2.05) is 0 Å². The highest BCUT2D eigenvalue weighted by Crippen LogP contribution is 2.47. The standard InChI is InChI=1S/C22H25NO/c1-15-17-12-8-9-13-18(17)23-19(16-10-6-5-7-11-16)14-20(21(15)23)24-22(2,3)4/h5-13,19-20H,14H2,1-4H3. The van der Waals surface area contributed by atoms with Crippen LogP contribution in [0, 0.1) is 6.92 Å². The molecule has 4 rings (SSSR count). The van der Waals surface area contributed by atoms with Gasteiger partial charge in [0.05, 0.1) is 17.3 Å². The first kappa shape index (κ1) is 15.5. The van der Waals surface area contributed by atoms with Gasteiger partial charge in [0.1, 0.15) is 6.10 Å². The lowest BCUT2D eigenvalue weighted by Crippen LogP contribution is -2.22. The predicted molar refractivity (Wildman–Crippen MR) is 99.5 cm³/mol. The van der Waals surface area contributed by atoms with Gasteiger partial charge in [0, 0.05) is 17.3 Å². The van der Waals surface area contributed by atoms with Crippen molar-refractivity contribution in [2.45, 2.75) is 51.9 Å². The molecule has 0 spiro atoms. The predicted octanol–water partition coefficient (Wildman–Crippen LogP) is 5.80. The number of aromatic nitrogens is 1. The first-order valence-corrected chi connectivity index (χ1v) is 8.78. The number of fused-ring (bicyclic) bond motifs is 3. The first-order valence-electron chi connectivity index (χ1n) is 8.78. The van der Waals surface area contributed by atoms with Crippen molar-refractivity contribution in [1.29, 1.82) is 0 Å². The quantitative estimate of drug-likeness (QED) is 0.582. The molecule has 0 saturated carbocycles. The second-order valence-electron chi connectivity index (χ2n) is 7.78. The normalized spacial score (nSPS) is 20.5. The number of ether oxygens (including phenoxy) is 1. The molecular formula is C22H25NO. The molecule has 2 nitrogen and oxygen atoms in total. The highest BCUT2D eigenvalue weighted by molar-refractivity contribution is 5.86. The van der Waals surface area contributed by atoms with E-state index in [0.29, 0.717) is 6.04 Å². The average Bonchev–Trinajstić information content (AvgIpc) is 3.05. The van der Waals surface area contributed by atoms with Crippen LogP contribution in [0.25, 0.3) is 10.9 Å². The van der Waals surface area contributed by atoms with Crippen molar-refractivity contribution >= 4 is 10.9 Å². The second kappa shape index (κ2) is 5.49. The Hall–Kier alpha value is -2.06. The maximum absolute atomic E-state index is 6.47. The first-order chi connectivity index (χ1) is 11.5. The van der Waals surface area contributed by atoms with Gasteiger partial charge >= 0.3 is 0 Å². The van der Waals surface area contributed by atoms with Crippen LogP contribution in [-0.4, -0.2) is 10.2 Å². The number of nitrogens with zero attached hydrogens (tertiary/aromatic N) is 1. The zero-order valence-electron chi connectivity index (χ0n) is 14.9. The van der Waals surface area contributed by atoms with Crippen LogP contribution < -0.4 is 0 Å². The minimum absolute atomic E-state index is 0.141. The number of benzene rings is 2. The largest absolute Gasteiger partial charge is 0.366 e. The van der Waals surface area contributed by atoms with Gasteiger partial charge in [0.2, 0.25) is 0 Å². The van der Waals surface area contributed by atoms with Crippen LogP contribution in [0.4, 0.5) is 0 Å². The van der Waals surface area contributed by atoms with Gasteiger partial charge in [0.25, 0.3) is 0 Å². The molecule has 2 aromatic carbocycles. The van der Waals surface area contributed by atoms with E-state index in [1.165, 1.54) is 27.7 Å². The van der Waals surface area contributed by atoms with Crippen LogP contribution >= 0.6 is 0 Å². The molecule has 1 aliphatic heterocycles. The lowest BCUT2D eigenvalue weighted by Gasteiger charge is -2.25. The van der Waals surface area contributed by atoms with E-state index in [9.17, 15) is 0 Å². The molecule has 2 unspecified atom stereocenters. The van der Waals surface area contributed by atoms with Gasteiger partial charge in [-0.2, -0.15) is 0 Å². The Morgan fingerprint density at radius 3 is 2.33 bits per heavy atom. The van der Waals surface area contributed by atoms with Crippen molar-refractivity contribution < 1.29 is 4.74 Å². The molecule has 0 amide bonds. The Bertz CT molecular complexity index is 870. The summed E-state index contributed by atoms with van der Waals surface area (Å²) in [6.07, 6.45) is 1.14. The van der Waals surface area contributed by atoms with E-state index < -0.39 is 0 Å². The summed E-state index contributed by atoms with van der Waals surface area (Å²) in [5, 5.41) is 1.34. The molecule has 24 heavy (non-hydrogen) atoms. The molecule has 1 aliphatic rings. The molecule has 2 atom stereocenters. The molecule has 0 saturated heterocycles. The summed E-state index contributed by atoms with van der Waals surface area (Å²) in [5.41, 5.74) is 5.24. The van der Waals surface area contributed by atoms with Crippen molar-refractivity contribution in [3.8, 4) is 0 Å². The van der Waals surface area contributed by atoms with Gasteiger partial charge in [-0.25, -0.2) is 0 Å². The third-order valence-corrected chi connectivity index (χ3v) is 4.95. The van der Waals surface area contributed by atoms with Crippen LogP contribution in [-0.2, 0) is 4.74 Å². The molecule has 0 N–H and O–H groups in total. The van der Waals surface area contributed by atoms with Crippen molar-refractivity contribution in [1.82, 2.24) is 4.57 Å². The molecule has 0 aliphatic carbocycles. The number of rotatable bonds is 2. The summed E-state index contributed by atoms with van der Waals surface area (Å²) in [6.45, 7) is 8.67. The van der Waals surface area contributed by atoms with E-state index in [2.05, 4.69) is 86.9 Å². The third-order valence-electron chi connectivity index (χ3n) is 4.95. The fourth-order valence-corrected chi connectivity index (χ4v) is 4.09. The van der Waals surface area contributed by atoms with E-state index in [-0.39, 0.29) is 11.7 Å². The van der Waals surface area contributed by atoms with Crippen molar-refractivity contribution in [3.63, 3.8) is 0 Å². The van der Waals surface area contributed by atoms with Crippen LogP contribution in [0.15, 0.2) is 54.6 Å². The van der Waals surface area contributed by atoms with Gasteiger partial charge in [-0.15, -0.1) is 0 Å². The molecule has 0 bridgehead atoms. The number of hydrogen-bond acceptors (Lipinski definition) is 1. The summed E-state index contributed by atoms with van der Waals surface area (Å²) in [6, 6.07) is 19.9. The van der Waals surface area contributed by atoms with Crippen molar-refractivity contribution in [3.05, 3.63) is 71.4 Å². The van der Waals surface area contributed by atoms with E-state index in [4.69, 9.17) is 4.74 Å². The molecule has 2 heteroatoms. The topological polar surface area (TPSA) is 14.2 Å². The molecule has 3 aromatic rings. The van der Waals surface area contributed by atoms with Gasteiger partial charge in [0.15, 0.2) is 0 Å². The lowest BCUT2D eigenvalue weighted by atomic mass is 10.0. The Balaban J connectivity index is 1.92. The van der Waals surface area contributed by atoms with E-state index >= 15 is 0 Å². The van der Waals surface area contributed by atoms with E-state index in [0.717, 1.165) is 6.42 Å². The molecule has 124 valence electrons. The van der Waals surface area contributed by atoms with Crippen LogP contribution in [0.2, 0.25) is 0 Å². The summed E-state index contributed by atoms with van der Waals surface area (Å²) in [5.74, 6) is 0.